The SMILES string of the molecule is Cc1cc(CN(C)C(=O)N[C@H]2CC[C@@H](c3cccc(F)c3)C2)no1. The first-order chi connectivity index (χ1) is 11.5. The molecule has 1 saturated carbocycles. The summed E-state index contributed by atoms with van der Waals surface area (Å²) in [5.41, 5.74) is 1.74. The first-order valence-electron chi connectivity index (χ1n) is 8.20. The molecule has 0 bridgehead atoms. The number of urea groups is 1. The maximum Gasteiger partial charge on any atom is 0.317 e. The zero-order valence-electron chi connectivity index (χ0n) is 14.0. The van der Waals surface area contributed by atoms with Crippen LogP contribution in [0, 0.1) is 12.7 Å². The summed E-state index contributed by atoms with van der Waals surface area (Å²) in [7, 11) is 1.73. The molecule has 1 aliphatic carbocycles. The molecule has 24 heavy (non-hydrogen) atoms. The molecule has 1 fully saturated rings. The van der Waals surface area contributed by atoms with Crippen LogP contribution in [0.3, 0.4) is 0 Å². The van der Waals surface area contributed by atoms with E-state index in [1.54, 1.807) is 24.1 Å². The van der Waals surface area contributed by atoms with Crippen LogP contribution in [0.15, 0.2) is 34.9 Å². The van der Waals surface area contributed by atoms with Crippen LogP contribution in [0.25, 0.3) is 0 Å². The maximum atomic E-state index is 13.4. The van der Waals surface area contributed by atoms with Gasteiger partial charge in [0.25, 0.3) is 0 Å². The number of carbonyl (C=O) groups is 1. The summed E-state index contributed by atoms with van der Waals surface area (Å²) < 4.78 is 18.4. The lowest BCUT2D eigenvalue weighted by molar-refractivity contribution is 0.201. The molecule has 0 radical (unpaired) electrons. The van der Waals surface area contributed by atoms with Crippen molar-refractivity contribution in [2.75, 3.05) is 7.05 Å². The van der Waals surface area contributed by atoms with Crippen molar-refractivity contribution in [3.8, 4) is 0 Å². The third-order valence-corrected chi connectivity index (χ3v) is 4.50. The summed E-state index contributed by atoms with van der Waals surface area (Å²) in [5, 5.41) is 6.95. The summed E-state index contributed by atoms with van der Waals surface area (Å²) in [6, 6.07) is 8.56. The Morgan fingerprint density at radius 2 is 2.25 bits per heavy atom. The summed E-state index contributed by atoms with van der Waals surface area (Å²) in [4.78, 5) is 13.9. The van der Waals surface area contributed by atoms with Crippen LogP contribution in [0.4, 0.5) is 9.18 Å². The Hall–Kier alpha value is -2.37. The minimum Gasteiger partial charge on any atom is -0.361 e. The highest BCUT2D eigenvalue weighted by atomic mass is 19.1. The van der Waals surface area contributed by atoms with Crippen LogP contribution in [0.5, 0.6) is 0 Å². The fraction of sp³-hybridized carbons (Fsp3) is 0.444. The van der Waals surface area contributed by atoms with Gasteiger partial charge in [0.2, 0.25) is 0 Å². The molecule has 1 heterocycles. The third-order valence-electron chi connectivity index (χ3n) is 4.50. The van der Waals surface area contributed by atoms with Crippen molar-refractivity contribution < 1.29 is 13.7 Å². The summed E-state index contributed by atoms with van der Waals surface area (Å²) in [5.74, 6) is 0.824. The van der Waals surface area contributed by atoms with Gasteiger partial charge >= 0.3 is 6.03 Å². The van der Waals surface area contributed by atoms with E-state index in [-0.39, 0.29) is 17.9 Å². The second-order valence-corrected chi connectivity index (χ2v) is 6.50. The van der Waals surface area contributed by atoms with Crippen molar-refractivity contribution in [3.63, 3.8) is 0 Å². The Balaban J connectivity index is 1.52. The quantitative estimate of drug-likeness (QED) is 0.931. The van der Waals surface area contributed by atoms with Gasteiger partial charge in [-0.15, -0.1) is 0 Å². The van der Waals surface area contributed by atoms with Crippen molar-refractivity contribution >= 4 is 6.03 Å². The summed E-state index contributed by atoms with van der Waals surface area (Å²) in [6.45, 7) is 2.23. The van der Waals surface area contributed by atoms with Crippen molar-refractivity contribution in [3.05, 3.63) is 53.2 Å². The lowest BCUT2D eigenvalue weighted by Crippen LogP contribution is -2.41. The number of aryl methyl sites for hydroxylation is 1. The van der Waals surface area contributed by atoms with Crippen molar-refractivity contribution in [2.24, 2.45) is 0 Å². The third kappa shape index (κ3) is 3.93. The van der Waals surface area contributed by atoms with E-state index in [4.69, 9.17) is 4.52 Å². The molecule has 1 N–H and O–H groups in total. The number of halogens is 1. The number of rotatable bonds is 4. The molecule has 5 nitrogen and oxygen atoms in total. The summed E-state index contributed by atoms with van der Waals surface area (Å²) in [6.07, 6.45) is 2.70. The van der Waals surface area contributed by atoms with Crippen LogP contribution < -0.4 is 5.32 Å². The molecule has 1 aromatic heterocycles. The standard InChI is InChI=1S/C18H22FN3O2/c1-12-8-17(21-24-12)11-22(2)18(23)20-16-7-6-14(10-16)13-4-3-5-15(19)9-13/h3-5,8-9,14,16H,6-7,10-11H2,1-2H3,(H,20,23)/t14-,16+/m1/s1. The smallest absolute Gasteiger partial charge is 0.317 e. The Labute approximate surface area is 140 Å². The average molecular weight is 331 g/mol. The number of aromatic nitrogens is 1. The maximum absolute atomic E-state index is 13.4. The molecular formula is C18H22FN3O2. The zero-order chi connectivity index (χ0) is 17.1. The highest BCUT2D eigenvalue weighted by Gasteiger charge is 2.28. The van der Waals surface area contributed by atoms with Gasteiger partial charge in [-0.1, -0.05) is 17.3 Å². The van der Waals surface area contributed by atoms with E-state index >= 15 is 0 Å². The van der Waals surface area contributed by atoms with Gasteiger partial charge in [0.05, 0.1) is 6.54 Å². The van der Waals surface area contributed by atoms with Crippen molar-refractivity contribution in [1.82, 2.24) is 15.4 Å². The lowest BCUT2D eigenvalue weighted by atomic mass is 9.97. The van der Waals surface area contributed by atoms with Gasteiger partial charge in [-0.2, -0.15) is 0 Å². The summed E-state index contributed by atoms with van der Waals surface area (Å²) >= 11 is 0. The Bertz CT molecular complexity index is 716. The number of benzene rings is 1. The molecule has 6 heteroatoms. The molecule has 0 aliphatic heterocycles. The number of amides is 2. The minimum absolute atomic E-state index is 0.118. The average Bonchev–Trinajstić information content (AvgIpc) is 3.16. The van der Waals surface area contributed by atoms with Gasteiger partial charge in [-0.3, -0.25) is 0 Å². The van der Waals surface area contributed by atoms with Gasteiger partial charge in [0.15, 0.2) is 0 Å². The molecule has 0 spiro atoms. The van der Waals surface area contributed by atoms with Crippen molar-refractivity contribution in [1.29, 1.82) is 0 Å². The molecule has 0 saturated heterocycles. The molecule has 1 aliphatic rings. The highest BCUT2D eigenvalue weighted by molar-refractivity contribution is 5.74. The molecule has 3 rings (SSSR count). The van der Waals surface area contributed by atoms with Crippen LogP contribution >= 0.6 is 0 Å². The molecular weight excluding hydrogens is 309 g/mol. The monoisotopic (exact) mass is 331 g/mol. The Morgan fingerprint density at radius 3 is 2.96 bits per heavy atom. The number of nitrogens with zero attached hydrogens (tertiary/aromatic N) is 2. The van der Waals surface area contributed by atoms with Crippen LogP contribution in [0.2, 0.25) is 0 Å². The van der Waals surface area contributed by atoms with E-state index in [9.17, 15) is 9.18 Å². The minimum atomic E-state index is -0.206. The fourth-order valence-electron chi connectivity index (χ4n) is 3.27. The van der Waals surface area contributed by atoms with E-state index in [0.29, 0.717) is 12.5 Å². The number of nitrogens with one attached hydrogen (secondary N) is 1. The predicted molar refractivity (Wildman–Crippen MR) is 88.0 cm³/mol. The Morgan fingerprint density at radius 1 is 1.42 bits per heavy atom. The highest BCUT2D eigenvalue weighted by Crippen LogP contribution is 2.34. The molecule has 1 aromatic carbocycles. The molecule has 2 aromatic rings. The zero-order valence-corrected chi connectivity index (χ0v) is 14.0. The van der Waals surface area contributed by atoms with E-state index in [1.807, 2.05) is 19.1 Å². The largest absolute Gasteiger partial charge is 0.361 e. The van der Waals surface area contributed by atoms with E-state index in [0.717, 1.165) is 36.3 Å². The molecule has 128 valence electrons. The van der Waals surface area contributed by atoms with E-state index in [2.05, 4.69) is 10.5 Å². The topological polar surface area (TPSA) is 58.4 Å². The van der Waals surface area contributed by atoms with Crippen LogP contribution in [-0.4, -0.2) is 29.2 Å². The molecule has 0 unspecified atom stereocenters. The lowest BCUT2D eigenvalue weighted by Gasteiger charge is -2.20. The van der Waals surface area contributed by atoms with Gasteiger partial charge < -0.3 is 14.7 Å². The Kier molecular flexibility index (Phi) is 4.83. The number of hydrogen-bond acceptors (Lipinski definition) is 3. The number of carbonyl (C=O) groups excluding carboxylic acids is 1. The second kappa shape index (κ2) is 7.03. The number of hydrogen-bond donors (Lipinski definition) is 1. The second-order valence-electron chi connectivity index (χ2n) is 6.50. The van der Waals surface area contributed by atoms with Crippen LogP contribution in [0.1, 0.15) is 42.2 Å². The van der Waals surface area contributed by atoms with Gasteiger partial charge in [0.1, 0.15) is 17.3 Å². The van der Waals surface area contributed by atoms with E-state index < -0.39 is 0 Å². The fourth-order valence-corrected chi connectivity index (χ4v) is 3.27. The molecule has 2 amide bonds. The van der Waals surface area contributed by atoms with Crippen LogP contribution in [-0.2, 0) is 6.54 Å². The van der Waals surface area contributed by atoms with Gasteiger partial charge in [-0.05, 0) is 49.8 Å². The van der Waals surface area contributed by atoms with Gasteiger partial charge in [-0.25, -0.2) is 9.18 Å². The normalized spacial score (nSPS) is 20.1. The molecule has 2 atom stereocenters. The first kappa shape index (κ1) is 16.5. The predicted octanol–water partition coefficient (Wildman–Crippen LogP) is 3.60. The van der Waals surface area contributed by atoms with Crippen molar-refractivity contribution in [2.45, 2.75) is 44.7 Å². The van der Waals surface area contributed by atoms with E-state index in [1.165, 1.54) is 6.07 Å². The first-order valence-corrected chi connectivity index (χ1v) is 8.20. The van der Waals surface area contributed by atoms with Gasteiger partial charge in [0, 0.05) is 19.2 Å².